The number of fused-ring (bicyclic) bond motifs is 1. The van der Waals surface area contributed by atoms with E-state index in [-0.39, 0.29) is 0 Å². The van der Waals surface area contributed by atoms with E-state index >= 15 is 0 Å². The van der Waals surface area contributed by atoms with E-state index in [1.54, 1.807) is 0 Å². The number of piperidine rings is 1. The fourth-order valence-electron chi connectivity index (χ4n) is 3.18. The molecule has 0 aliphatic carbocycles. The van der Waals surface area contributed by atoms with E-state index in [9.17, 15) is 0 Å². The van der Waals surface area contributed by atoms with Crippen molar-refractivity contribution in [2.24, 2.45) is 11.8 Å². The van der Waals surface area contributed by atoms with Gasteiger partial charge in [0.1, 0.15) is 11.6 Å². The Labute approximate surface area is 103 Å². The van der Waals surface area contributed by atoms with Crippen LogP contribution >= 0.6 is 0 Å². The number of hydrogen-bond acceptors (Lipinski definition) is 3. The second-order valence-electron chi connectivity index (χ2n) is 5.58. The van der Waals surface area contributed by atoms with E-state index in [0.29, 0.717) is 0 Å². The number of hydrogen-bond donors (Lipinski definition) is 1. The molecule has 1 fully saturated rings. The topological polar surface area (TPSA) is 42.7 Å². The van der Waals surface area contributed by atoms with Crippen molar-refractivity contribution in [3.05, 3.63) is 11.6 Å². The fourth-order valence-corrected chi connectivity index (χ4v) is 3.18. The van der Waals surface area contributed by atoms with Crippen molar-refractivity contribution >= 4 is 0 Å². The van der Waals surface area contributed by atoms with E-state index in [4.69, 9.17) is 0 Å². The first-order valence-electron chi connectivity index (χ1n) is 6.96. The van der Waals surface area contributed by atoms with Crippen molar-refractivity contribution in [3.63, 3.8) is 0 Å². The maximum absolute atomic E-state index is 4.37. The molecule has 1 aromatic rings. The minimum Gasteiger partial charge on any atom is -0.316 e. The molecule has 0 aromatic carbocycles. The highest BCUT2D eigenvalue weighted by atomic mass is 15.3. The lowest BCUT2D eigenvalue weighted by molar-refractivity contribution is 0.274. The minimum atomic E-state index is 0.719. The smallest absolute Gasteiger partial charge is 0.133 e. The summed E-state index contributed by atoms with van der Waals surface area (Å²) in [6.07, 6.45) is 6.16. The average Bonchev–Trinajstić information content (AvgIpc) is 2.95. The van der Waals surface area contributed by atoms with Crippen LogP contribution in [0.5, 0.6) is 0 Å². The molecule has 2 unspecified atom stereocenters. The molecule has 17 heavy (non-hydrogen) atoms. The van der Waals surface area contributed by atoms with Gasteiger partial charge in [0.05, 0.1) is 0 Å². The van der Waals surface area contributed by atoms with Crippen LogP contribution in [0, 0.1) is 11.8 Å². The molecular formula is C13H22N4. The lowest BCUT2D eigenvalue weighted by Crippen LogP contribution is -2.34. The highest BCUT2D eigenvalue weighted by molar-refractivity contribution is 5.01. The summed E-state index contributed by atoms with van der Waals surface area (Å²) in [5.74, 6) is 3.96. The lowest BCUT2D eigenvalue weighted by atomic mass is 9.85. The van der Waals surface area contributed by atoms with Gasteiger partial charge in [-0.3, -0.25) is 0 Å². The molecular weight excluding hydrogens is 212 g/mol. The van der Waals surface area contributed by atoms with E-state index in [0.717, 1.165) is 31.2 Å². The second kappa shape index (κ2) is 4.77. The Balaban J connectivity index is 1.65. The largest absolute Gasteiger partial charge is 0.316 e. The predicted octanol–water partition coefficient (Wildman–Crippen LogP) is 1.40. The van der Waals surface area contributed by atoms with Crippen molar-refractivity contribution in [3.8, 4) is 0 Å². The van der Waals surface area contributed by atoms with Crippen LogP contribution in [0.4, 0.5) is 0 Å². The van der Waals surface area contributed by atoms with Gasteiger partial charge in [-0.25, -0.2) is 0 Å². The number of aryl methyl sites for hydroxylation is 1. The number of nitrogens with one attached hydrogen (secondary N) is 1. The predicted molar refractivity (Wildman–Crippen MR) is 66.8 cm³/mol. The van der Waals surface area contributed by atoms with Crippen molar-refractivity contribution in [1.82, 2.24) is 20.1 Å². The molecule has 0 bridgehead atoms. The van der Waals surface area contributed by atoms with Gasteiger partial charge in [-0.05, 0) is 44.2 Å². The zero-order valence-electron chi connectivity index (χ0n) is 10.7. The summed E-state index contributed by atoms with van der Waals surface area (Å²) in [6.45, 7) is 5.88. The first kappa shape index (κ1) is 11.2. The lowest BCUT2D eigenvalue weighted by Gasteiger charge is -2.28. The van der Waals surface area contributed by atoms with Gasteiger partial charge in [0.25, 0.3) is 0 Å². The molecule has 1 aromatic heterocycles. The monoisotopic (exact) mass is 234 g/mol. The van der Waals surface area contributed by atoms with E-state index in [1.807, 2.05) is 0 Å². The molecule has 0 amide bonds. The Morgan fingerprint density at radius 1 is 1.41 bits per heavy atom. The minimum absolute atomic E-state index is 0.719. The normalized spacial score (nSPS) is 25.8. The van der Waals surface area contributed by atoms with Crippen LogP contribution in [0.3, 0.4) is 0 Å². The van der Waals surface area contributed by atoms with E-state index in [1.165, 1.54) is 44.0 Å². The molecule has 4 heteroatoms. The zero-order chi connectivity index (χ0) is 11.7. The van der Waals surface area contributed by atoms with Crippen LogP contribution in [-0.2, 0) is 19.4 Å². The van der Waals surface area contributed by atoms with Gasteiger partial charge in [0.2, 0.25) is 0 Å². The second-order valence-corrected chi connectivity index (χ2v) is 5.58. The number of nitrogens with zero attached hydrogens (tertiary/aromatic N) is 3. The molecule has 2 aliphatic heterocycles. The molecule has 0 spiro atoms. The Bertz CT molecular complexity index is 379. The summed E-state index contributed by atoms with van der Waals surface area (Å²) in [5, 5.41) is 12.2. The van der Waals surface area contributed by atoms with Gasteiger partial charge in [-0.15, -0.1) is 10.2 Å². The highest BCUT2D eigenvalue weighted by Crippen LogP contribution is 2.24. The third kappa shape index (κ3) is 2.23. The molecule has 94 valence electrons. The SMILES string of the molecule is CC(Cc1nnc2n1CCC2)C1CCCNC1. The van der Waals surface area contributed by atoms with Crippen LogP contribution < -0.4 is 5.32 Å². The quantitative estimate of drug-likeness (QED) is 0.859. The van der Waals surface area contributed by atoms with E-state index < -0.39 is 0 Å². The average molecular weight is 234 g/mol. The number of aromatic nitrogens is 3. The van der Waals surface area contributed by atoms with Gasteiger partial charge >= 0.3 is 0 Å². The van der Waals surface area contributed by atoms with Crippen LogP contribution in [0.15, 0.2) is 0 Å². The summed E-state index contributed by atoms with van der Waals surface area (Å²) >= 11 is 0. The maximum atomic E-state index is 4.37. The molecule has 1 saturated heterocycles. The Morgan fingerprint density at radius 3 is 3.18 bits per heavy atom. The van der Waals surface area contributed by atoms with Gasteiger partial charge in [0, 0.05) is 19.4 Å². The van der Waals surface area contributed by atoms with Crippen molar-refractivity contribution in [2.75, 3.05) is 13.1 Å². The Kier molecular flexibility index (Phi) is 3.14. The first-order valence-corrected chi connectivity index (χ1v) is 6.96. The highest BCUT2D eigenvalue weighted by Gasteiger charge is 2.24. The summed E-state index contributed by atoms with van der Waals surface area (Å²) in [5.41, 5.74) is 0. The molecule has 2 aliphatic rings. The van der Waals surface area contributed by atoms with Gasteiger partial charge < -0.3 is 9.88 Å². The van der Waals surface area contributed by atoms with Gasteiger partial charge in [-0.2, -0.15) is 0 Å². The standard InChI is InChI=1S/C13H22N4/c1-10(11-4-2-6-14-9-11)8-13-16-15-12-5-3-7-17(12)13/h10-11,14H,2-9H2,1H3. The van der Waals surface area contributed by atoms with Crippen LogP contribution in [0.2, 0.25) is 0 Å². The molecule has 3 rings (SSSR count). The van der Waals surface area contributed by atoms with Crippen molar-refractivity contribution < 1.29 is 0 Å². The molecule has 0 saturated carbocycles. The Hall–Kier alpha value is -0.900. The third-order valence-electron chi connectivity index (χ3n) is 4.33. The summed E-state index contributed by atoms with van der Waals surface area (Å²) < 4.78 is 2.34. The van der Waals surface area contributed by atoms with Crippen molar-refractivity contribution in [1.29, 1.82) is 0 Å². The van der Waals surface area contributed by atoms with Crippen LogP contribution in [-0.4, -0.2) is 27.9 Å². The molecule has 0 radical (unpaired) electrons. The molecule has 3 heterocycles. The molecule has 4 nitrogen and oxygen atoms in total. The first-order chi connectivity index (χ1) is 8.34. The van der Waals surface area contributed by atoms with Crippen LogP contribution in [0.1, 0.15) is 37.8 Å². The maximum Gasteiger partial charge on any atom is 0.133 e. The van der Waals surface area contributed by atoms with Crippen molar-refractivity contribution in [2.45, 2.75) is 45.6 Å². The summed E-state index contributed by atoms with van der Waals surface area (Å²) in [7, 11) is 0. The third-order valence-corrected chi connectivity index (χ3v) is 4.33. The fraction of sp³-hybridized carbons (Fsp3) is 0.846. The summed E-state index contributed by atoms with van der Waals surface area (Å²) in [6, 6.07) is 0. The zero-order valence-corrected chi connectivity index (χ0v) is 10.7. The van der Waals surface area contributed by atoms with Crippen LogP contribution in [0.25, 0.3) is 0 Å². The molecule has 2 atom stereocenters. The van der Waals surface area contributed by atoms with E-state index in [2.05, 4.69) is 27.0 Å². The molecule has 1 N–H and O–H groups in total. The summed E-state index contributed by atoms with van der Waals surface area (Å²) in [4.78, 5) is 0. The van der Waals surface area contributed by atoms with Gasteiger partial charge in [-0.1, -0.05) is 6.92 Å². The Morgan fingerprint density at radius 2 is 2.35 bits per heavy atom. The number of rotatable bonds is 3. The van der Waals surface area contributed by atoms with Gasteiger partial charge in [0.15, 0.2) is 0 Å².